The summed E-state index contributed by atoms with van der Waals surface area (Å²) < 4.78 is 18.9. The molecule has 22 heavy (non-hydrogen) atoms. The van der Waals surface area contributed by atoms with Gasteiger partial charge in [0, 0.05) is 16.6 Å². The molecule has 0 aliphatic heterocycles. The summed E-state index contributed by atoms with van der Waals surface area (Å²) in [4.78, 5) is 12.5. The zero-order valence-electron chi connectivity index (χ0n) is 12.7. The summed E-state index contributed by atoms with van der Waals surface area (Å²) >= 11 is 0. The molecule has 1 N–H and O–H groups in total. The van der Waals surface area contributed by atoms with Crippen molar-refractivity contribution in [1.29, 1.82) is 0 Å². The van der Waals surface area contributed by atoms with Crippen LogP contribution in [0, 0.1) is 26.6 Å². The number of nitrogens with one attached hydrogen (secondary N) is 1. The van der Waals surface area contributed by atoms with E-state index in [-0.39, 0.29) is 17.5 Å². The Morgan fingerprint density at radius 3 is 2.64 bits per heavy atom. The second kappa shape index (κ2) is 5.30. The molecule has 0 aliphatic carbocycles. The van der Waals surface area contributed by atoms with Gasteiger partial charge in [0.2, 0.25) is 0 Å². The summed E-state index contributed by atoms with van der Waals surface area (Å²) in [6, 6.07) is 10.1. The average Bonchev–Trinajstić information content (AvgIpc) is 2.80. The van der Waals surface area contributed by atoms with Crippen LogP contribution < -0.4 is 5.32 Å². The first-order chi connectivity index (χ1) is 10.5. The number of halogens is 1. The first-order valence-corrected chi connectivity index (χ1v) is 7.03. The van der Waals surface area contributed by atoms with Crippen LogP contribution in [0.3, 0.4) is 0 Å². The number of anilines is 1. The fourth-order valence-electron chi connectivity index (χ4n) is 2.46. The van der Waals surface area contributed by atoms with E-state index in [9.17, 15) is 9.18 Å². The number of rotatable bonds is 2. The number of hydrogen-bond acceptors (Lipinski definition) is 2. The van der Waals surface area contributed by atoms with Crippen molar-refractivity contribution >= 4 is 22.6 Å². The van der Waals surface area contributed by atoms with Crippen molar-refractivity contribution in [2.75, 3.05) is 5.32 Å². The Morgan fingerprint density at radius 2 is 1.86 bits per heavy atom. The van der Waals surface area contributed by atoms with Crippen molar-refractivity contribution in [3.63, 3.8) is 0 Å². The molecular weight excluding hydrogens is 281 g/mol. The molecule has 3 aromatic rings. The maximum atomic E-state index is 13.3. The van der Waals surface area contributed by atoms with Crippen LogP contribution >= 0.6 is 0 Å². The van der Waals surface area contributed by atoms with Gasteiger partial charge >= 0.3 is 0 Å². The first kappa shape index (κ1) is 14.3. The van der Waals surface area contributed by atoms with Gasteiger partial charge in [0.1, 0.15) is 11.4 Å². The molecule has 1 aromatic heterocycles. The number of hydrogen-bond donors (Lipinski definition) is 1. The third-order valence-corrected chi connectivity index (χ3v) is 3.75. The molecule has 0 saturated carbocycles. The van der Waals surface area contributed by atoms with Crippen molar-refractivity contribution in [2.45, 2.75) is 20.8 Å². The van der Waals surface area contributed by atoms with Gasteiger partial charge in [-0.15, -0.1) is 0 Å². The lowest BCUT2D eigenvalue weighted by atomic mass is 10.1. The van der Waals surface area contributed by atoms with E-state index in [0.717, 1.165) is 16.8 Å². The Labute approximate surface area is 127 Å². The number of aryl methyl sites for hydroxylation is 3. The Kier molecular flexibility index (Phi) is 3.45. The minimum atomic E-state index is -0.349. The molecule has 2 aromatic carbocycles. The fraction of sp³-hybridized carbons (Fsp3) is 0.167. The largest absolute Gasteiger partial charge is 0.451 e. The molecule has 3 nitrogen and oxygen atoms in total. The second-order valence-electron chi connectivity index (χ2n) is 5.47. The lowest BCUT2D eigenvalue weighted by Gasteiger charge is -2.08. The molecule has 0 saturated heterocycles. The Morgan fingerprint density at radius 1 is 1.09 bits per heavy atom. The molecule has 0 unspecified atom stereocenters. The molecule has 0 atom stereocenters. The van der Waals surface area contributed by atoms with Gasteiger partial charge in [-0.25, -0.2) is 4.39 Å². The molecule has 1 amide bonds. The molecule has 112 valence electrons. The molecule has 4 heteroatoms. The number of carbonyl (C=O) groups excluding carboxylic acids is 1. The highest BCUT2D eigenvalue weighted by Gasteiger charge is 2.18. The lowest BCUT2D eigenvalue weighted by Crippen LogP contribution is -2.13. The minimum Gasteiger partial charge on any atom is -0.451 e. The van der Waals surface area contributed by atoms with Crippen molar-refractivity contribution in [1.82, 2.24) is 0 Å². The highest BCUT2D eigenvalue weighted by atomic mass is 19.1. The van der Waals surface area contributed by atoms with E-state index < -0.39 is 0 Å². The first-order valence-electron chi connectivity index (χ1n) is 7.03. The summed E-state index contributed by atoms with van der Waals surface area (Å²) in [5.41, 5.74) is 3.92. The van der Waals surface area contributed by atoms with Gasteiger partial charge in [0.15, 0.2) is 5.76 Å². The van der Waals surface area contributed by atoms with Crippen LogP contribution in [-0.4, -0.2) is 5.91 Å². The predicted molar refractivity (Wildman–Crippen MR) is 84.8 cm³/mol. The highest BCUT2D eigenvalue weighted by Crippen LogP contribution is 2.27. The number of fused-ring (bicyclic) bond motifs is 1. The summed E-state index contributed by atoms with van der Waals surface area (Å²) in [7, 11) is 0. The molecule has 0 bridgehead atoms. The zero-order valence-corrected chi connectivity index (χ0v) is 12.7. The molecule has 0 aliphatic rings. The van der Waals surface area contributed by atoms with Gasteiger partial charge in [-0.2, -0.15) is 0 Å². The van der Waals surface area contributed by atoms with E-state index >= 15 is 0 Å². The predicted octanol–water partition coefficient (Wildman–Crippen LogP) is 4.75. The number of benzene rings is 2. The molecular formula is C18H16FNO2. The number of carbonyl (C=O) groups is 1. The molecule has 0 spiro atoms. The number of amides is 1. The highest BCUT2D eigenvalue weighted by molar-refractivity contribution is 6.06. The normalized spacial score (nSPS) is 10.9. The molecule has 0 radical (unpaired) electrons. The maximum Gasteiger partial charge on any atom is 0.291 e. The molecule has 1 heterocycles. The van der Waals surface area contributed by atoms with Gasteiger partial charge in [0.05, 0.1) is 0 Å². The molecule has 3 rings (SSSR count). The standard InChI is InChI=1S/C18H16FNO2/c1-10-4-5-11(2)15(8-10)20-18(21)17-12(3)14-9-13(19)6-7-16(14)22-17/h4-9H,1-3H3,(H,20,21). The quantitative estimate of drug-likeness (QED) is 0.741. The maximum absolute atomic E-state index is 13.3. The van der Waals surface area contributed by atoms with Crippen LogP contribution in [0.2, 0.25) is 0 Å². The van der Waals surface area contributed by atoms with Crippen molar-refractivity contribution in [3.05, 3.63) is 64.7 Å². The Balaban J connectivity index is 1.99. The van der Waals surface area contributed by atoms with Crippen LogP contribution in [0.15, 0.2) is 40.8 Å². The summed E-state index contributed by atoms with van der Waals surface area (Å²) in [5, 5.41) is 3.47. The Hall–Kier alpha value is -2.62. The van der Waals surface area contributed by atoms with Gasteiger partial charge in [-0.3, -0.25) is 4.79 Å². The van der Waals surface area contributed by atoms with Crippen LogP contribution in [0.5, 0.6) is 0 Å². The second-order valence-corrected chi connectivity index (χ2v) is 5.47. The summed E-state index contributed by atoms with van der Waals surface area (Å²) in [6.07, 6.45) is 0. The van der Waals surface area contributed by atoms with Gasteiger partial charge in [0.25, 0.3) is 5.91 Å². The van der Waals surface area contributed by atoms with Crippen LogP contribution in [0.25, 0.3) is 11.0 Å². The molecule has 0 fully saturated rings. The fourth-order valence-corrected chi connectivity index (χ4v) is 2.46. The SMILES string of the molecule is Cc1ccc(C)c(NC(=O)c2oc3ccc(F)cc3c2C)c1. The third kappa shape index (κ3) is 2.48. The summed E-state index contributed by atoms with van der Waals surface area (Å²) in [5.74, 6) is -0.470. The zero-order chi connectivity index (χ0) is 15.9. The van der Waals surface area contributed by atoms with Crippen molar-refractivity contribution in [2.24, 2.45) is 0 Å². The van der Waals surface area contributed by atoms with Gasteiger partial charge < -0.3 is 9.73 Å². The van der Waals surface area contributed by atoms with Crippen LogP contribution in [0.4, 0.5) is 10.1 Å². The van der Waals surface area contributed by atoms with E-state index in [0.29, 0.717) is 16.5 Å². The van der Waals surface area contributed by atoms with E-state index in [4.69, 9.17) is 4.42 Å². The number of furan rings is 1. The van der Waals surface area contributed by atoms with E-state index in [1.165, 1.54) is 18.2 Å². The average molecular weight is 297 g/mol. The lowest BCUT2D eigenvalue weighted by molar-refractivity contribution is 0.0998. The van der Waals surface area contributed by atoms with Crippen molar-refractivity contribution in [3.8, 4) is 0 Å². The van der Waals surface area contributed by atoms with E-state index in [2.05, 4.69) is 5.32 Å². The van der Waals surface area contributed by atoms with E-state index in [1.54, 1.807) is 6.92 Å². The monoisotopic (exact) mass is 297 g/mol. The topological polar surface area (TPSA) is 42.2 Å². The van der Waals surface area contributed by atoms with Gasteiger partial charge in [-0.1, -0.05) is 12.1 Å². The Bertz CT molecular complexity index is 880. The third-order valence-electron chi connectivity index (χ3n) is 3.75. The summed E-state index contributed by atoms with van der Waals surface area (Å²) in [6.45, 7) is 5.64. The van der Waals surface area contributed by atoms with Gasteiger partial charge in [-0.05, 0) is 56.2 Å². The van der Waals surface area contributed by atoms with Crippen LogP contribution in [0.1, 0.15) is 27.2 Å². The van der Waals surface area contributed by atoms with E-state index in [1.807, 2.05) is 32.0 Å². The smallest absolute Gasteiger partial charge is 0.291 e. The minimum absolute atomic E-state index is 0.210. The van der Waals surface area contributed by atoms with Crippen molar-refractivity contribution < 1.29 is 13.6 Å². The van der Waals surface area contributed by atoms with Crippen LogP contribution in [-0.2, 0) is 0 Å².